The van der Waals surface area contributed by atoms with Gasteiger partial charge < -0.3 is 10.1 Å². The third-order valence-corrected chi connectivity index (χ3v) is 3.98. The highest BCUT2D eigenvalue weighted by atomic mass is 35.5. The number of anilines is 1. The van der Waals surface area contributed by atoms with E-state index in [1.54, 1.807) is 18.2 Å². The van der Waals surface area contributed by atoms with Crippen LogP contribution in [0.3, 0.4) is 0 Å². The third kappa shape index (κ3) is 3.70. The van der Waals surface area contributed by atoms with E-state index < -0.39 is 0 Å². The van der Waals surface area contributed by atoms with Crippen molar-refractivity contribution in [3.63, 3.8) is 0 Å². The van der Waals surface area contributed by atoms with Gasteiger partial charge in [0, 0.05) is 5.02 Å². The van der Waals surface area contributed by atoms with Crippen molar-refractivity contribution < 1.29 is 9.53 Å². The fourth-order valence-corrected chi connectivity index (χ4v) is 2.73. The first-order valence-electron chi connectivity index (χ1n) is 7.97. The van der Waals surface area contributed by atoms with Crippen LogP contribution in [0.5, 0.6) is 5.88 Å². The Morgan fingerprint density at radius 1 is 1.15 bits per heavy atom. The number of carbonyl (C=O) groups excluding carboxylic acids is 1. The van der Waals surface area contributed by atoms with Crippen molar-refractivity contribution in [1.82, 2.24) is 24.7 Å². The molecule has 0 aliphatic heterocycles. The maximum absolute atomic E-state index is 12.4. The van der Waals surface area contributed by atoms with E-state index in [1.165, 1.54) is 23.7 Å². The smallest absolute Gasteiger partial charge is 0.262 e. The highest BCUT2D eigenvalue weighted by Gasteiger charge is 2.12. The van der Waals surface area contributed by atoms with E-state index in [9.17, 15) is 4.79 Å². The molecule has 2 aromatic carbocycles. The molecule has 0 fully saturated rings. The number of hydrogen-bond acceptors (Lipinski definition) is 6. The van der Waals surface area contributed by atoms with Crippen molar-refractivity contribution in [1.29, 1.82) is 0 Å². The van der Waals surface area contributed by atoms with Gasteiger partial charge in [-0.2, -0.15) is 5.10 Å². The van der Waals surface area contributed by atoms with Gasteiger partial charge in [0.05, 0.1) is 22.3 Å². The summed E-state index contributed by atoms with van der Waals surface area (Å²) in [6, 6.07) is 12.5. The fraction of sp³-hybridized carbons (Fsp3) is 0.0556. The van der Waals surface area contributed by atoms with Crippen LogP contribution >= 0.6 is 11.6 Å². The second kappa shape index (κ2) is 7.38. The van der Waals surface area contributed by atoms with Crippen LogP contribution in [0.15, 0.2) is 61.4 Å². The number of aromatic nitrogens is 5. The number of carbonyl (C=O) groups is 1. The van der Waals surface area contributed by atoms with Gasteiger partial charge in [0.15, 0.2) is 6.61 Å². The van der Waals surface area contributed by atoms with Crippen LogP contribution in [0.2, 0.25) is 5.02 Å². The van der Waals surface area contributed by atoms with Crippen molar-refractivity contribution in [2.24, 2.45) is 0 Å². The molecule has 0 aliphatic carbocycles. The minimum absolute atomic E-state index is 0.218. The monoisotopic (exact) mass is 380 g/mol. The topological polar surface area (TPSA) is 94.8 Å². The molecule has 134 valence electrons. The molecule has 9 heteroatoms. The van der Waals surface area contributed by atoms with Gasteiger partial charge in [-0.1, -0.05) is 23.7 Å². The highest BCUT2D eigenvalue weighted by Crippen LogP contribution is 2.24. The summed E-state index contributed by atoms with van der Waals surface area (Å²) in [5, 5.41) is 8.07. The molecule has 0 atom stereocenters. The molecular formula is C18H13ClN6O2. The fourth-order valence-electron chi connectivity index (χ4n) is 2.56. The quantitative estimate of drug-likeness (QED) is 0.572. The van der Waals surface area contributed by atoms with Crippen LogP contribution in [0.1, 0.15) is 0 Å². The number of para-hydroxylation sites is 1. The number of ether oxygens (including phenoxy) is 1. The second-order valence-electron chi connectivity index (χ2n) is 5.53. The predicted octanol–water partition coefficient (Wildman–Crippen LogP) is 2.88. The zero-order chi connectivity index (χ0) is 18.6. The van der Waals surface area contributed by atoms with Crippen molar-refractivity contribution in [2.45, 2.75) is 0 Å². The van der Waals surface area contributed by atoms with Gasteiger partial charge in [-0.3, -0.25) is 4.79 Å². The molecule has 0 unspecified atom stereocenters. The van der Waals surface area contributed by atoms with Gasteiger partial charge in [0.1, 0.15) is 19.0 Å². The van der Waals surface area contributed by atoms with Crippen molar-refractivity contribution in [2.75, 3.05) is 11.9 Å². The molecule has 0 saturated carbocycles. The molecule has 8 nitrogen and oxygen atoms in total. The molecule has 0 saturated heterocycles. The molecule has 0 bridgehead atoms. The Morgan fingerprint density at radius 3 is 2.89 bits per heavy atom. The maximum atomic E-state index is 12.4. The molecule has 4 rings (SSSR count). The Bertz CT molecular complexity index is 1090. The Hall–Kier alpha value is -3.52. The predicted molar refractivity (Wildman–Crippen MR) is 100 cm³/mol. The molecule has 27 heavy (non-hydrogen) atoms. The molecule has 0 spiro atoms. The van der Waals surface area contributed by atoms with E-state index in [0.29, 0.717) is 22.3 Å². The minimum atomic E-state index is -0.360. The van der Waals surface area contributed by atoms with Gasteiger partial charge in [0.25, 0.3) is 5.91 Å². The molecule has 4 aromatic rings. The van der Waals surface area contributed by atoms with Crippen LogP contribution < -0.4 is 10.1 Å². The lowest BCUT2D eigenvalue weighted by atomic mass is 10.2. The van der Waals surface area contributed by atoms with Gasteiger partial charge in [-0.15, -0.1) is 0 Å². The number of nitrogens with one attached hydrogen (secondary N) is 1. The molecular weight excluding hydrogens is 368 g/mol. The largest absolute Gasteiger partial charge is 0.467 e. The van der Waals surface area contributed by atoms with E-state index in [2.05, 4.69) is 25.4 Å². The van der Waals surface area contributed by atoms with E-state index in [1.807, 2.05) is 24.3 Å². The summed E-state index contributed by atoms with van der Waals surface area (Å²) in [6.07, 6.45) is 4.33. The van der Waals surface area contributed by atoms with Gasteiger partial charge in [-0.25, -0.2) is 19.6 Å². The summed E-state index contributed by atoms with van der Waals surface area (Å²) < 4.78 is 7.12. The lowest BCUT2D eigenvalue weighted by Crippen LogP contribution is -2.21. The Balaban J connectivity index is 1.51. The van der Waals surface area contributed by atoms with E-state index in [-0.39, 0.29) is 12.5 Å². The molecule has 1 amide bonds. The summed E-state index contributed by atoms with van der Waals surface area (Å²) in [6.45, 7) is -0.218. The number of hydrogen-bond donors (Lipinski definition) is 1. The number of amides is 1. The SMILES string of the molecule is O=C(COc1ncnc2ccccc12)Nc1cc(Cl)ccc1-n1cncn1. The average Bonchev–Trinajstić information content (AvgIpc) is 3.21. The summed E-state index contributed by atoms with van der Waals surface area (Å²) in [5.74, 6) is -0.0142. The van der Waals surface area contributed by atoms with Gasteiger partial charge in [0.2, 0.25) is 5.88 Å². The van der Waals surface area contributed by atoms with Crippen LogP contribution in [0, 0.1) is 0 Å². The molecule has 1 N–H and O–H groups in total. The molecule has 2 aromatic heterocycles. The Labute approximate surface area is 158 Å². The lowest BCUT2D eigenvalue weighted by Gasteiger charge is -2.12. The van der Waals surface area contributed by atoms with Crippen molar-refractivity contribution in [3.05, 3.63) is 66.5 Å². The number of rotatable bonds is 5. The van der Waals surface area contributed by atoms with E-state index >= 15 is 0 Å². The first kappa shape index (κ1) is 16.9. The first-order chi connectivity index (χ1) is 13.2. The minimum Gasteiger partial charge on any atom is -0.467 e. The lowest BCUT2D eigenvalue weighted by molar-refractivity contribution is -0.118. The summed E-state index contributed by atoms with van der Waals surface area (Å²) in [5.41, 5.74) is 1.87. The Kier molecular flexibility index (Phi) is 4.63. The molecule has 2 heterocycles. The average molecular weight is 381 g/mol. The summed E-state index contributed by atoms with van der Waals surface area (Å²) in [7, 11) is 0. The standard InChI is InChI=1S/C18H13ClN6O2/c19-12-5-6-16(25-11-20-9-23-25)15(7-12)24-17(26)8-27-18-13-3-1-2-4-14(13)21-10-22-18/h1-7,9-11H,8H2,(H,24,26). The van der Waals surface area contributed by atoms with Crippen molar-refractivity contribution >= 4 is 34.1 Å². The molecule has 0 radical (unpaired) electrons. The van der Waals surface area contributed by atoms with Crippen LogP contribution in [-0.2, 0) is 4.79 Å². The summed E-state index contributed by atoms with van der Waals surface area (Å²) >= 11 is 6.06. The zero-order valence-corrected chi connectivity index (χ0v) is 14.7. The van der Waals surface area contributed by atoms with Gasteiger partial charge in [-0.05, 0) is 30.3 Å². The van der Waals surface area contributed by atoms with Gasteiger partial charge >= 0.3 is 0 Å². The van der Waals surface area contributed by atoms with Crippen LogP contribution in [-0.4, -0.2) is 37.2 Å². The first-order valence-corrected chi connectivity index (χ1v) is 8.35. The normalized spacial score (nSPS) is 10.7. The summed E-state index contributed by atoms with van der Waals surface area (Å²) in [4.78, 5) is 24.6. The number of nitrogens with zero attached hydrogens (tertiary/aromatic N) is 5. The van der Waals surface area contributed by atoms with Crippen LogP contribution in [0.4, 0.5) is 5.69 Å². The molecule has 0 aliphatic rings. The second-order valence-corrected chi connectivity index (χ2v) is 5.97. The Morgan fingerprint density at radius 2 is 2.04 bits per heavy atom. The van der Waals surface area contributed by atoms with Crippen molar-refractivity contribution in [3.8, 4) is 11.6 Å². The maximum Gasteiger partial charge on any atom is 0.262 e. The van der Waals surface area contributed by atoms with E-state index in [4.69, 9.17) is 16.3 Å². The number of fused-ring (bicyclic) bond motifs is 1. The third-order valence-electron chi connectivity index (χ3n) is 3.74. The van der Waals surface area contributed by atoms with E-state index in [0.717, 1.165) is 10.9 Å². The number of benzene rings is 2. The van der Waals surface area contributed by atoms with Crippen LogP contribution in [0.25, 0.3) is 16.6 Å². The highest BCUT2D eigenvalue weighted by molar-refractivity contribution is 6.31. The zero-order valence-electron chi connectivity index (χ0n) is 13.9. The number of halogens is 1.